The number of hydrazone groups is 1. The summed E-state index contributed by atoms with van der Waals surface area (Å²) in [7, 11) is 5.48. The van der Waals surface area contributed by atoms with Crippen molar-refractivity contribution in [3.8, 4) is 11.5 Å². The van der Waals surface area contributed by atoms with E-state index in [1.54, 1.807) is 14.2 Å². The Morgan fingerprint density at radius 1 is 1.14 bits per heavy atom. The molecule has 2 aliphatic carbocycles. The molecule has 192 valence electrons. The van der Waals surface area contributed by atoms with E-state index in [1.807, 2.05) is 6.07 Å². The number of nitrogens with one attached hydrogen (secondary N) is 2. The Labute approximate surface area is 207 Å². The van der Waals surface area contributed by atoms with Gasteiger partial charge in [-0.05, 0) is 82.2 Å². The topological polar surface area (TPSA) is 112 Å². The monoisotopic (exact) mass is 486 g/mol. The van der Waals surface area contributed by atoms with Gasteiger partial charge in [0.25, 0.3) is 0 Å². The molecule has 1 heterocycles. The van der Waals surface area contributed by atoms with Gasteiger partial charge in [0.05, 0.1) is 20.1 Å². The van der Waals surface area contributed by atoms with Crippen molar-refractivity contribution in [1.82, 2.24) is 15.6 Å². The number of carboxylic acids is 1. The predicted octanol–water partition coefficient (Wildman–Crippen LogP) is 3.38. The maximum atomic E-state index is 12.3. The zero-order valence-corrected chi connectivity index (χ0v) is 21.0. The molecule has 35 heavy (non-hydrogen) atoms. The minimum absolute atomic E-state index is 0.0321. The van der Waals surface area contributed by atoms with Crippen LogP contribution in [-0.4, -0.2) is 68.1 Å². The number of carboxylic acid groups (broad SMARTS) is 1. The number of carbonyl (C=O) groups is 2. The first-order valence-electron chi connectivity index (χ1n) is 12.6. The molecule has 0 radical (unpaired) electrons. The third-order valence-electron chi connectivity index (χ3n) is 8.39. The SMILES string of the molecule is COc1ccc(C23CC/C(=N\NC(=O)NCC4CCC(C(=O)O)CC4)CC2N(C)CC3)cc1OC. The molecule has 1 saturated heterocycles. The largest absolute Gasteiger partial charge is 0.493 e. The zero-order valence-electron chi connectivity index (χ0n) is 21.0. The van der Waals surface area contributed by atoms with Crippen LogP contribution in [0.5, 0.6) is 11.5 Å². The number of likely N-dealkylation sites (tertiary alicyclic amines) is 1. The van der Waals surface area contributed by atoms with Gasteiger partial charge >= 0.3 is 12.0 Å². The maximum absolute atomic E-state index is 12.3. The lowest BCUT2D eigenvalue weighted by atomic mass is 9.65. The highest BCUT2D eigenvalue weighted by Gasteiger charge is 2.50. The van der Waals surface area contributed by atoms with Gasteiger partial charge in [-0.3, -0.25) is 4.79 Å². The Morgan fingerprint density at radius 3 is 2.57 bits per heavy atom. The number of hydrogen-bond acceptors (Lipinski definition) is 6. The molecule has 2 atom stereocenters. The first kappa shape index (κ1) is 25.3. The Hall–Kier alpha value is -2.81. The number of likely N-dealkylation sites (N-methyl/N-ethyl adjacent to an activating group) is 1. The number of hydrogen-bond donors (Lipinski definition) is 3. The van der Waals surface area contributed by atoms with Crippen molar-refractivity contribution in [3.63, 3.8) is 0 Å². The molecular formula is C26H38N4O5. The van der Waals surface area contributed by atoms with Crippen LogP contribution in [-0.2, 0) is 10.2 Å². The summed E-state index contributed by atoms with van der Waals surface area (Å²) < 4.78 is 11.0. The van der Waals surface area contributed by atoms with Crippen LogP contribution in [0.15, 0.2) is 23.3 Å². The number of amides is 2. The van der Waals surface area contributed by atoms with E-state index < -0.39 is 5.97 Å². The van der Waals surface area contributed by atoms with Crippen LogP contribution in [0.1, 0.15) is 56.9 Å². The highest BCUT2D eigenvalue weighted by molar-refractivity contribution is 5.88. The van der Waals surface area contributed by atoms with Crippen molar-refractivity contribution >= 4 is 17.7 Å². The molecule has 4 rings (SSSR count). The lowest BCUT2D eigenvalue weighted by molar-refractivity contribution is -0.143. The van der Waals surface area contributed by atoms with Crippen molar-refractivity contribution in [1.29, 1.82) is 0 Å². The molecule has 3 N–H and O–H groups in total. The highest BCUT2D eigenvalue weighted by atomic mass is 16.5. The van der Waals surface area contributed by atoms with E-state index >= 15 is 0 Å². The van der Waals surface area contributed by atoms with Crippen molar-refractivity contribution in [2.75, 3.05) is 34.4 Å². The number of rotatable bonds is 7. The smallest absolute Gasteiger partial charge is 0.335 e. The second-order valence-corrected chi connectivity index (χ2v) is 10.2. The fourth-order valence-electron chi connectivity index (χ4n) is 6.20. The van der Waals surface area contributed by atoms with E-state index in [4.69, 9.17) is 14.6 Å². The second-order valence-electron chi connectivity index (χ2n) is 10.2. The van der Waals surface area contributed by atoms with E-state index in [2.05, 4.69) is 39.9 Å². The van der Waals surface area contributed by atoms with Gasteiger partial charge in [-0.1, -0.05) is 6.07 Å². The normalized spacial score (nSPS) is 29.9. The van der Waals surface area contributed by atoms with Crippen LogP contribution in [0, 0.1) is 11.8 Å². The number of ether oxygens (including phenoxy) is 2. The van der Waals surface area contributed by atoms with Gasteiger partial charge in [-0.2, -0.15) is 5.10 Å². The van der Waals surface area contributed by atoms with Gasteiger partial charge in [-0.25, -0.2) is 10.2 Å². The Kier molecular flexibility index (Phi) is 7.84. The van der Waals surface area contributed by atoms with E-state index in [1.165, 1.54) is 5.56 Å². The van der Waals surface area contributed by atoms with Crippen LogP contribution in [0.2, 0.25) is 0 Å². The molecule has 9 nitrogen and oxygen atoms in total. The number of nitrogens with zero attached hydrogens (tertiary/aromatic N) is 2. The summed E-state index contributed by atoms with van der Waals surface area (Å²) in [4.78, 5) is 25.8. The van der Waals surface area contributed by atoms with Crippen LogP contribution in [0.3, 0.4) is 0 Å². The third-order valence-corrected chi connectivity index (χ3v) is 8.39. The summed E-state index contributed by atoms with van der Waals surface area (Å²) in [6.45, 7) is 1.57. The molecule has 1 aliphatic heterocycles. The Morgan fingerprint density at radius 2 is 1.89 bits per heavy atom. The standard InChI is InChI=1S/C26H38N4O5/c1-30-13-12-26(19-8-9-21(34-2)22(14-19)35-3)11-10-20(15-23(26)30)28-29-25(33)27-16-17-4-6-18(7-5-17)24(31)32/h8-9,14,17-18,23H,4-7,10-13,15-16H2,1-3H3,(H,31,32)(H2,27,29,33)/b28-20+. The van der Waals surface area contributed by atoms with Gasteiger partial charge in [0.15, 0.2) is 11.5 Å². The van der Waals surface area contributed by atoms with Crippen molar-refractivity contribution < 1.29 is 24.2 Å². The number of benzene rings is 1. The second kappa shape index (κ2) is 10.8. The summed E-state index contributed by atoms with van der Waals surface area (Å²) in [5.74, 6) is 0.867. The summed E-state index contributed by atoms with van der Waals surface area (Å²) in [5.41, 5.74) is 5.00. The van der Waals surface area contributed by atoms with Crippen LogP contribution in [0.4, 0.5) is 4.79 Å². The molecule has 1 aromatic carbocycles. The average molecular weight is 487 g/mol. The van der Waals surface area contributed by atoms with Gasteiger partial charge in [0.1, 0.15) is 0 Å². The van der Waals surface area contributed by atoms with Crippen LogP contribution in [0.25, 0.3) is 0 Å². The summed E-state index contributed by atoms with van der Waals surface area (Å²) >= 11 is 0. The molecule has 1 aromatic rings. The first-order valence-corrected chi connectivity index (χ1v) is 12.6. The predicted molar refractivity (Wildman–Crippen MR) is 133 cm³/mol. The maximum Gasteiger partial charge on any atom is 0.335 e. The average Bonchev–Trinajstić information content (AvgIpc) is 3.22. The van der Waals surface area contributed by atoms with Crippen molar-refractivity contribution in [2.45, 2.75) is 62.8 Å². The zero-order chi connectivity index (χ0) is 25.0. The summed E-state index contributed by atoms with van der Waals surface area (Å²) in [5, 5.41) is 16.5. The van der Waals surface area contributed by atoms with Crippen LogP contribution >= 0.6 is 0 Å². The molecule has 3 aliphatic rings. The molecule has 0 aromatic heterocycles. The van der Waals surface area contributed by atoms with Gasteiger partial charge in [-0.15, -0.1) is 0 Å². The lowest BCUT2D eigenvalue weighted by Crippen LogP contribution is -2.46. The Balaban J connectivity index is 1.34. The van der Waals surface area contributed by atoms with E-state index in [-0.39, 0.29) is 17.4 Å². The molecule has 2 unspecified atom stereocenters. The fraction of sp³-hybridized carbons (Fsp3) is 0.654. The van der Waals surface area contributed by atoms with Gasteiger partial charge in [0, 0.05) is 30.1 Å². The van der Waals surface area contributed by atoms with E-state index in [9.17, 15) is 9.59 Å². The number of methoxy groups -OCH3 is 2. The molecule has 0 bridgehead atoms. The third kappa shape index (κ3) is 5.39. The van der Waals surface area contributed by atoms with Crippen LogP contribution < -0.4 is 20.2 Å². The minimum atomic E-state index is -0.708. The molecular weight excluding hydrogens is 448 g/mol. The molecule has 0 spiro atoms. The quantitative estimate of drug-likeness (QED) is 0.510. The lowest BCUT2D eigenvalue weighted by Gasteiger charge is -2.42. The van der Waals surface area contributed by atoms with Crippen molar-refractivity contribution in [3.05, 3.63) is 23.8 Å². The fourth-order valence-corrected chi connectivity index (χ4v) is 6.20. The molecule has 3 fully saturated rings. The summed E-state index contributed by atoms with van der Waals surface area (Å²) in [6, 6.07) is 6.27. The summed E-state index contributed by atoms with van der Waals surface area (Å²) in [6.07, 6.45) is 6.71. The number of urea groups is 1. The first-order chi connectivity index (χ1) is 16.9. The number of aliphatic carboxylic acids is 1. The molecule has 9 heteroatoms. The number of fused-ring (bicyclic) bond motifs is 1. The van der Waals surface area contributed by atoms with Gasteiger partial charge < -0.3 is 24.8 Å². The highest BCUT2D eigenvalue weighted by Crippen LogP contribution is 2.49. The molecule has 2 amide bonds. The van der Waals surface area contributed by atoms with Gasteiger partial charge in [0.2, 0.25) is 0 Å². The van der Waals surface area contributed by atoms with E-state index in [0.717, 1.165) is 62.3 Å². The minimum Gasteiger partial charge on any atom is -0.493 e. The number of carbonyl (C=O) groups excluding carboxylic acids is 1. The Bertz CT molecular complexity index is 959. The van der Waals surface area contributed by atoms with Crippen molar-refractivity contribution in [2.24, 2.45) is 16.9 Å². The molecule has 2 saturated carbocycles. The van der Waals surface area contributed by atoms with E-state index in [0.29, 0.717) is 31.3 Å².